The largest absolute Gasteiger partial charge is 0.591 e. The van der Waals surface area contributed by atoms with Crippen molar-refractivity contribution in [3.63, 3.8) is 0 Å². The molecule has 1 aromatic carbocycles. The van der Waals surface area contributed by atoms with Crippen molar-refractivity contribution >= 4 is 17.6 Å². The van der Waals surface area contributed by atoms with E-state index in [4.69, 9.17) is 4.74 Å². The number of rotatable bonds is 2. The summed E-state index contributed by atoms with van der Waals surface area (Å²) in [4.78, 5) is 0. The van der Waals surface area contributed by atoms with Crippen LogP contribution in [0.3, 0.4) is 0 Å². The number of hydrogen-bond acceptors (Lipinski definition) is 3. The summed E-state index contributed by atoms with van der Waals surface area (Å²) in [6.45, 7) is 7.04. The van der Waals surface area contributed by atoms with Gasteiger partial charge in [0.05, 0.1) is 19.4 Å². The van der Waals surface area contributed by atoms with Gasteiger partial charge in [-0.25, -0.2) is 0 Å². The van der Waals surface area contributed by atoms with Gasteiger partial charge in [-0.2, -0.15) is 0 Å². The average molecular weight is 251 g/mol. The second-order valence-electron chi connectivity index (χ2n) is 5.07. The molecule has 0 fully saturated rings. The van der Waals surface area contributed by atoms with Crippen LogP contribution in [0.15, 0.2) is 22.6 Å². The first-order valence-electron chi connectivity index (χ1n) is 5.63. The topological polar surface area (TPSA) is 44.7 Å². The van der Waals surface area contributed by atoms with Gasteiger partial charge in [-0.3, -0.25) is 0 Å². The lowest BCUT2D eigenvalue weighted by Crippen LogP contribution is -2.25. The van der Waals surface area contributed by atoms with Crippen LogP contribution in [-0.4, -0.2) is 15.5 Å². The van der Waals surface area contributed by atoms with Crippen LogP contribution in [0.2, 0.25) is 0 Å². The van der Waals surface area contributed by atoms with Gasteiger partial charge < -0.3 is 9.29 Å². The van der Waals surface area contributed by atoms with Crippen LogP contribution < -0.4 is 0 Å². The van der Waals surface area contributed by atoms with Gasteiger partial charge in [0.25, 0.3) is 0 Å². The summed E-state index contributed by atoms with van der Waals surface area (Å²) in [7, 11) is 0. The molecule has 0 N–H and O–H groups in total. The maximum atomic E-state index is 11.8. The quantitative estimate of drug-likeness (QED) is 0.599. The first-order valence-corrected chi connectivity index (χ1v) is 6.74. The second kappa shape index (κ2) is 4.80. The van der Waals surface area contributed by atoms with E-state index in [1.54, 1.807) is 6.21 Å². The summed E-state index contributed by atoms with van der Waals surface area (Å²) in [5.41, 5.74) is 3.38. The molecule has 1 heterocycles. The highest BCUT2D eigenvalue weighted by atomic mass is 32.2. The normalized spacial score (nSPS) is 17.4. The third kappa shape index (κ3) is 2.89. The highest BCUT2D eigenvalue weighted by Gasteiger charge is 2.26. The van der Waals surface area contributed by atoms with Crippen molar-refractivity contribution in [1.29, 1.82) is 0 Å². The Bertz CT molecular complexity index is 438. The molecule has 0 saturated carbocycles. The van der Waals surface area contributed by atoms with Crippen molar-refractivity contribution in [3.8, 4) is 0 Å². The SMILES string of the molecule is CC(C)(C)[S@@+]([O-])N=Cc1cccc2c1COC2. The smallest absolute Gasteiger partial charge is 0.144 e. The molecule has 0 amide bonds. The van der Waals surface area contributed by atoms with Gasteiger partial charge >= 0.3 is 0 Å². The van der Waals surface area contributed by atoms with Crippen LogP contribution in [0, 0.1) is 0 Å². The van der Waals surface area contributed by atoms with Gasteiger partial charge in [0, 0.05) is 5.56 Å². The Labute approximate surface area is 105 Å². The first kappa shape index (κ1) is 12.6. The zero-order valence-electron chi connectivity index (χ0n) is 10.4. The molecular weight excluding hydrogens is 234 g/mol. The van der Waals surface area contributed by atoms with Crippen LogP contribution >= 0.6 is 0 Å². The average Bonchev–Trinajstić information content (AvgIpc) is 2.72. The fourth-order valence-electron chi connectivity index (χ4n) is 1.61. The first-order chi connectivity index (χ1) is 7.98. The van der Waals surface area contributed by atoms with E-state index in [1.807, 2.05) is 32.9 Å². The highest BCUT2D eigenvalue weighted by Crippen LogP contribution is 2.23. The van der Waals surface area contributed by atoms with Crippen molar-refractivity contribution in [2.75, 3.05) is 0 Å². The van der Waals surface area contributed by atoms with E-state index in [-0.39, 0.29) is 4.75 Å². The van der Waals surface area contributed by atoms with Gasteiger partial charge in [-0.15, -0.1) is 0 Å². The van der Waals surface area contributed by atoms with Crippen LogP contribution in [0.25, 0.3) is 0 Å². The third-order valence-electron chi connectivity index (χ3n) is 2.62. The predicted molar refractivity (Wildman–Crippen MR) is 70.4 cm³/mol. The summed E-state index contributed by atoms with van der Waals surface area (Å²) in [5, 5.41) is 0. The number of fused-ring (bicyclic) bond motifs is 1. The molecule has 17 heavy (non-hydrogen) atoms. The molecule has 1 atom stereocenters. The van der Waals surface area contributed by atoms with E-state index in [9.17, 15) is 4.55 Å². The Morgan fingerprint density at radius 3 is 2.82 bits per heavy atom. The van der Waals surface area contributed by atoms with Gasteiger partial charge in [0.1, 0.15) is 16.1 Å². The molecule has 0 radical (unpaired) electrons. The molecule has 1 aliphatic heterocycles. The lowest BCUT2D eigenvalue weighted by molar-refractivity contribution is 0.134. The minimum Gasteiger partial charge on any atom is -0.591 e. The van der Waals surface area contributed by atoms with Crippen molar-refractivity contribution in [2.45, 2.75) is 38.7 Å². The molecule has 0 bridgehead atoms. The van der Waals surface area contributed by atoms with Crippen LogP contribution in [0.5, 0.6) is 0 Å². The van der Waals surface area contributed by atoms with Gasteiger partial charge in [-0.1, -0.05) is 22.6 Å². The molecule has 0 unspecified atom stereocenters. The molecular formula is C13H17NO2S. The van der Waals surface area contributed by atoms with Crippen molar-refractivity contribution in [2.24, 2.45) is 4.40 Å². The third-order valence-corrected chi connectivity index (χ3v) is 3.97. The lowest BCUT2D eigenvalue weighted by Gasteiger charge is -2.17. The zero-order valence-corrected chi connectivity index (χ0v) is 11.2. The fraction of sp³-hybridized carbons (Fsp3) is 0.462. The molecule has 0 spiro atoms. The summed E-state index contributed by atoms with van der Waals surface area (Å²) in [6.07, 6.45) is 1.70. The Morgan fingerprint density at radius 1 is 1.35 bits per heavy atom. The Kier molecular flexibility index (Phi) is 3.56. The predicted octanol–water partition coefficient (Wildman–Crippen LogP) is 2.60. The van der Waals surface area contributed by atoms with Crippen molar-refractivity contribution in [3.05, 3.63) is 34.9 Å². The summed E-state index contributed by atoms with van der Waals surface area (Å²) < 4.78 is 21.0. The Balaban J connectivity index is 2.20. The molecule has 0 saturated heterocycles. The van der Waals surface area contributed by atoms with Crippen molar-refractivity contribution < 1.29 is 9.29 Å². The number of hydrogen-bond donors (Lipinski definition) is 0. The molecule has 3 nitrogen and oxygen atoms in total. The van der Waals surface area contributed by atoms with E-state index in [0.29, 0.717) is 13.2 Å². The standard InChI is InChI=1S/C13H17NO2S/c1-13(2,3)17(15)14-7-10-5-4-6-11-8-16-9-12(10)11/h4-7H,8-9H2,1-3H3/t17-/m1/s1. The van der Waals surface area contributed by atoms with E-state index < -0.39 is 11.4 Å². The Morgan fingerprint density at radius 2 is 2.12 bits per heavy atom. The van der Waals surface area contributed by atoms with E-state index in [0.717, 1.165) is 5.56 Å². The van der Waals surface area contributed by atoms with Gasteiger partial charge in [0.15, 0.2) is 0 Å². The summed E-state index contributed by atoms with van der Waals surface area (Å²) in [6, 6.07) is 6.02. The number of benzene rings is 1. The van der Waals surface area contributed by atoms with Crippen LogP contribution in [0.1, 0.15) is 37.5 Å². The minimum atomic E-state index is -1.21. The lowest BCUT2D eigenvalue weighted by atomic mass is 10.0. The van der Waals surface area contributed by atoms with Crippen LogP contribution in [0.4, 0.5) is 0 Å². The molecule has 2 rings (SSSR count). The maximum absolute atomic E-state index is 11.8. The summed E-state index contributed by atoms with van der Waals surface area (Å²) >= 11 is -1.21. The molecule has 0 aliphatic carbocycles. The number of nitrogens with zero attached hydrogens (tertiary/aromatic N) is 1. The second-order valence-corrected chi connectivity index (χ2v) is 7.01. The molecule has 1 aromatic rings. The molecule has 0 aromatic heterocycles. The number of ether oxygens (including phenoxy) is 1. The van der Waals surface area contributed by atoms with Crippen molar-refractivity contribution in [1.82, 2.24) is 0 Å². The van der Waals surface area contributed by atoms with E-state index in [2.05, 4.69) is 10.5 Å². The molecule has 1 aliphatic rings. The maximum Gasteiger partial charge on any atom is 0.144 e. The summed E-state index contributed by atoms with van der Waals surface area (Å²) in [5.74, 6) is 0. The molecule has 92 valence electrons. The zero-order chi connectivity index (χ0) is 12.5. The minimum absolute atomic E-state index is 0.315. The van der Waals surface area contributed by atoms with E-state index in [1.165, 1.54) is 11.1 Å². The fourth-order valence-corrected chi connectivity index (χ4v) is 2.14. The monoisotopic (exact) mass is 251 g/mol. The van der Waals surface area contributed by atoms with Gasteiger partial charge in [-0.05, 0) is 31.9 Å². The van der Waals surface area contributed by atoms with E-state index >= 15 is 0 Å². The molecule has 4 heteroatoms. The highest BCUT2D eigenvalue weighted by molar-refractivity contribution is 7.91. The van der Waals surface area contributed by atoms with Crippen LogP contribution in [-0.2, 0) is 29.3 Å². The van der Waals surface area contributed by atoms with Gasteiger partial charge in [0.2, 0.25) is 0 Å². The Hall–Kier alpha value is -0.840.